The van der Waals surface area contributed by atoms with Crippen molar-refractivity contribution in [2.45, 2.75) is 20.3 Å². The van der Waals surface area contributed by atoms with Crippen molar-refractivity contribution in [2.75, 3.05) is 18.5 Å². The summed E-state index contributed by atoms with van der Waals surface area (Å²) in [4.78, 5) is 8.23. The largest absolute Gasteiger partial charge is 0.396 e. The van der Waals surface area contributed by atoms with Gasteiger partial charge in [0.1, 0.15) is 12.7 Å². The fourth-order valence-electron chi connectivity index (χ4n) is 1.64. The third-order valence-corrected chi connectivity index (χ3v) is 3.36. The maximum atomic E-state index is 9.43. The number of rotatable bonds is 6. The van der Waals surface area contributed by atoms with E-state index in [1.54, 1.807) is 17.2 Å². The molecule has 0 aliphatic carbocycles. The van der Waals surface area contributed by atoms with Gasteiger partial charge in [-0.15, -0.1) is 0 Å². The number of aliphatic hydroxyl groups is 1. The van der Waals surface area contributed by atoms with Crippen LogP contribution in [-0.2, 0) is 0 Å². The average molecular weight is 261 g/mol. The fourth-order valence-corrected chi connectivity index (χ4v) is 1.64. The highest BCUT2D eigenvalue weighted by Gasteiger charge is 2.21. The maximum Gasteiger partial charge on any atom is 0.178 e. The van der Waals surface area contributed by atoms with E-state index in [0.717, 1.165) is 12.1 Å². The highest BCUT2D eigenvalue weighted by Crippen LogP contribution is 2.23. The Balaban J connectivity index is 2.17. The Morgan fingerprint density at radius 1 is 1.47 bits per heavy atom. The zero-order valence-electron chi connectivity index (χ0n) is 11.2. The summed E-state index contributed by atoms with van der Waals surface area (Å²) in [6.45, 7) is 4.94. The summed E-state index contributed by atoms with van der Waals surface area (Å²) in [7, 11) is 0. The molecule has 0 radical (unpaired) electrons. The molecule has 1 unspecified atom stereocenters. The third kappa shape index (κ3) is 3.08. The maximum absolute atomic E-state index is 9.43. The van der Waals surface area contributed by atoms with Gasteiger partial charge in [-0.1, -0.05) is 13.8 Å². The molecule has 19 heavy (non-hydrogen) atoms. The van der Waals surface area contributed by atoms with Gasteiger partial charge >= 0.3 is 0 Å². The molecule has 0 amide bonds. The Hall–Kier alpha value is -1.95. The molecule has 6 nitrogen and oxygen atoms in total. The van der Waals surface area contributed by atoms with Gasteiger partial charge in [0.05, 0.1) is 12.3 Å². The predicted molar refractivity (Wildman–Crippen MR) is 73.1 cm³/mol. The van der Waals surface area contributed by atoms with Crippen LogP contribution in [0.4, 0.5) is 5.69 Å². The van der Waals surface area contributed by atoms with Gasteiger partial charge in [0.25, 0.3) is 0 Å². The average Bonchev–Trinajstić information content (AvgIpc) is 2.99. The zero-order chi connectivity index (χ0) is 13.7. The van der Waals surface area contributed by atoms with Crippen molar-refractivity contribution < 1.29 is 5.11 Å². The molecule has 1 atom stereocenters. The van der Waals surface area contributed by atoms with Crippen LogP contribution in [0, 0.1) is 5.41 Å². The lowest BCUT2D eigenvalue weighted by Gasteiger charge is -2.26. The molecule has 2 N–H and O–H groups in total. The predicted octanol–water partition coefficient (Wildman–Crippen LogP) is 1.48. The van der Waals surface area contributed by atoms with Gasteiger partial charge in [-0.3, -0.25) is 0 Å². The van der Waals surface area contributed by atoms with E-state index in [0.29, 0.717) is 12.4 Å². The summed E-state index contributed by atoms with van der Waals surface area (Å²) in [6, 6.07) is 3.81. The number of pyridine rings is 1. The zero-order valence-corrected chi connectivity index (χ0v) is 11.2. The van der Waals surface area contributed by atoms with Gasteiger partial charge in [0, 0.05) is 18.2 Å². The monoisotopic (exact) mass is 261 g/mol. The van der Waals surface area contributed by atoms with Gasteiger partial charge in [-0.05, 0) is 18.6 Å². The molecule has 0 saturated carbocycles. The lowest BCUT2D eigenvalue weighted by molar-refractivity contribution is 0.149. The number of nitrogens with zero attached hydrogens (tertiary/aromatic N) is 4. The number of aromatic nitrogens is 4. The number of nitrogens with one attached hydrogen (secondary N) is 1. The van der Waals surface area contributed by atoms with Crippen LogP contribution in [0.5, 0.6) is 0 Å². The first kappa shape index (κ1) is 13.5. The number of aliphatic hydroxyl groups excluding tert-OH is 1. The first-order chi connectivity index (χ1) is 9.18. The Morgan fingerprint density at radius 2 is 2.32 bits per heavy atom. The Bertz CT molecular complexity index is 508. The van der Waals surface area contributed by atoms with Crippen molar-refractivity contribution in [3.63, 3.8) is 0 Å². The minimum Gasteiger partial charge on any atom is -0.396 e. The topological polar surface area (TPSA) is 75.9 Å². The molecule has 0 spiro atoms. The van der Waals surface area contributed by atoms with Crippen molar-refractivity contribution in [1.82, 2.24) is 19.7 Å². The second-order valence-corrected chi connectivity index (χ2v) is 4.89. The fraction of sp³-hybridized carbons (Fsp3) is 0.462. The lowest BCUT2D eigenvalue weighted by atomic mass is 9.88. The molecule has 2 aromatic rings. The molecule has 102 valence electrons. The van der Waals surface area contributed by atoms with Gasteiger partial charge in [-0.2, -0.15) is 5.10 Å². The summed E-state index contributed by atoms with van der Waals surface area (Å²) >= 11 is 0. The van der Waals surface area contributed by atoms with Gasteiger partial charge < -0.3 is 10.4 Å². The van der Waals surface area contributed by atoms with E-state index in [1.807, 2.05) is 19.1 Å². The van der Waals surface area contributed by atoms with E-state index in [-0.39, 0.29) is 12.0 Å². The minimum absolute atomic E-state index is 0.143. The highest BCUT2D eigenvalue weighted by atomic mass is 16.3. The van der Waals surface area contributed by atoms with Crippen LogP contribution in [0.15, 0.2) is 31.0 Å². The summed E-state index contributed by atoms with van der Waals surface area (Å²) < 4.78 is 1.62. The summed E-state index contributed by atoms with van der Waals surface area (Å²) in [5, 5.41) is 16.9. The van der Waals surface area contributed by atoms with Crippen LogP contribution in [0.25, 0.3) is 5.82 Å². The van der Waals surface area contributed by atoms with Crippen LogP contribution in [0.2, 0.25) is 0 Å². The van der Waals surface area contributed by atoms with E-state index < -0.39 is 0 Å². The van der Waals surface area contributed by atoms with Crippen molar-refractivity contribution in [1.29, 1.82) is 0 Å². The number of hydrogen-bond donors (Lipinski definition) is 2. The van der Waals surface area contributed by atoms with Crippen molar-refractivity contribution >= 4 is 5.69 Å². The molecule has 0 fully saturated rings. The van der Waals surface area contributed by atoms with E-state index in [4.69, 9.17) is 0 Å². The summed E-state index contributed by atoms with van der Waals surface area (Å²) in [6.07, 6.45) is 5.70. The lowest BCUT2D eigenvalue weighted by Crippen LogP contribution is -2.30. The first-order valence-electron chi connectivity index (χ1n) is 6.33. The van der Waals surface area contributed by atoms with Crippen molar-refractivity contribution in [2.24, 2.45) is 5.41 Å². The Morgan fingerprint density at radius 3 is 2.95 bits per heavy atom. The van der Waals surface area contributed by atoms with Gasteiger partial charge in [0.15, 0.2) is 5.82 Å². The minimum atomic E-state index is -0.143. The van der Waals surface area contributed by atoms with Crippen LogP contribution < -0.4 is 5.32 Å². The summed E-state index contributed by atoms with van der Waals surface area (Å²) in [5.74, 6) is 0.705. The van der Waals surface area contributed by atoms with E-state index >= 15 is 0 Å². The Labute approximate surface area is 112 Å². The van der Waals surface area contributed by atoms with Crippen LogP contribution >= 0.6 is 0 Å². The molecule has 0 bridgehead atoms. The highest BCUT2D eigenvalue weighted by molar-refractivity contribution is 5.56. The number of anilines is 1. The third-order valence-electron chi connectivity index (χ3n) is 3.36. The van der Waals surface area contributed by atoms with Crippen molar-refractivity contribution in [3.05, 3.63) is 31.0 Å². The number of hydrogen-bond acceptors (Lipinski definition) is 5. The molecule has 0 aliphatic rings. The first-order valence-corrected chi connectivity index (χ1v) is 6.33. The molecular weight excluding hydrogens is 242 g/mol. The molecule has 0 aromatic carbocycles. The molecule has 0 saturated heterocycles. The van der Waals surface area contributed by atoms with Gasteiger partial charge in [-0.25, -0.2) is 14.6 Å². The van der Waals surface area contributed by atoms with Crippen LogP contribution in [0.3, 0.4) is 0 Å². The molecule has 2 heterocycles. The molecule has 2 aromatic heterocycles. The molecule has 6 heteroatoms. The summed E-state index contributed by atoms with van der Waals surface area (Å²) in [5.41, 5.74) is 0.733. The SMILES string of the molecule is CCC(C)(CO)CNc1cccnc1-n1cncn1. The van der Waals surface area contributed by atoms with Crippen molar-refractivity contribution in [3.8, 4) is 5.82 Å². The second-order valence-electron chi connectivity index (χ2n) is 4.89. The molecule has 2 rings (SSSR count). The van der Waals surface area contributed by atoms with E-state index in [2.05, 4.69) is 27.3 Å². The smallest absolute Gasteiger partial charge is 0.178 e. The van der Waals surface area contributed by atoms with Gasteiger partial charge in [0.2, 0.25) is 0 Å². The van der Waals surface area contributed by atoms with E-state index in [9.17, 15) is 5.11 Å². The quantitative estimate of drug-likeness (QED) is 0.823. The molecule has 0 aliphatic heterocycles. The van der Waals surface area contributed by atoms with E-state index in [1.165, 1.54) is 6.33 Å². The molecular formula is C13H19N5O. The van der Waals surface area contributed by atoms with Crippen LogP contribution in [-0.4, -0.2) is 38.0 Å². The Kier molecular flexibility index (Phi) is 4.11. The standard InChI is InChI=1S/C13H19N5O/c1-3-13(2,8-19)7-16-11-5-4-6-15-12(11)18-10-14-9-17-18/h4-6,9-10,16,19H,3,7-8H2,1-2H3. The normalized spacial score (nSPS) is 14.1. The van der Waals surface area contributed by atoms with Crippen LogP contribution in [0.1, 0.15) is 20.3 Å². The second kappa shape index (κ2) is 5.79.